The van der Waals surface area contributed by atoms with Crippen LogP contribution in [0.25, 0.3) is 0 Å². The van der Waals surface area contributed by atoms with Crippen molar-refractivity contribution >= 4 is 6.03 Å². The van der Waals surface area contributed by atoms with Crippen LogP contribution in [0.5, 0.6) is 0 Å². The Labute approximate surface area is 80.0 Å². The maximum absolute atomic E-state index is 11.3. The van der Waals surface area contributed by atoms with Crippen LogP contribution in [0, 0.1) is 5.92 Å². The lowest BCUT2D eigenvalue weighted by atomic mass is 10.0. The summed E-state index contributed by atoms with van der Waals surface area (Å²) in [4.78, 5) is 15.0. The molecule has 1 heterocycles. The van der Waals surface area contributed by atoms with E-state index < -0.39 is 0 Å². The lowest BCUT2D eigenvalue weighted by Gasteiger charge is -2.49. The van der Waals surface area contributed by atoms with Crippen molar-refractivity contribution in [2.75, 3.05) is 13.6 Å². The molecule has 3 nitrogen and oxygen atoms in total. The largest absolute Gasteiger partial charge is 0.323 e. The Morgan fingerprint density at radius 1 is 1.62 bits per heavy atom. The molecule has 0 aromatic rings. The van der Waals surface area contributed by atoms with Crippen LogP contribution >= 0.6 is 0 Å². The van der Waals surface area contributed by atoms with E-state index in [-0.39, 0.29) is 12.2 Å². The third-order valence-corrected chi connectivity index (χ3v) is 2.36. The van der Waals surface area contributed by atoms with Crippen molar-refractivity contribution in [2.24, 2.45) is 5.92 Å². The summed E-state index contributed by atoms with van der Waals surface area (Å²) in [5.41, 5.74) is 0. The van der Waals surface area contributed by atoms with Crippen LogP contribution in [0.15, 0.2) is 12.7 Å². The molecule has 3 heteroatoms. The monoisotopic (exact) mass is 182 g/mol. The van der Waals surface area contributed by atoms with E-state index in [4.69, 9.17) is 0 Å². The van der Waals surface area contributed by atoms with E-state index in [0.717, 1.165) is 6.42 Å². The Bertz CT molecular complexity index is 213. The molecule has 1 unspecified atom stereocenters. The zero-order chi connectivity index (χ0) is 10.0. The highest BCUT2D eigenvalue weighted by molar-refractivity contribution is 5.80. The third-order valence-electron chi connectivity index (χ3n) is 2.36. The Balaban J connectivity index is 2.52. The van der Waals surface area contributed by atoms with Gasteiger partial charge in [0, 0.05) is 13.6 Å². The molecule has 0 saturated carbocycles. The van der Waals surface area contributed by atoms with Gasteiger partial charge in [-0.1, -0.05) is 19.9 Å². The zero-order valence-corrected chi connectivity index (χ0v) is 8.66. The SMILES string of the molecule is C=CCN1C(=O)N(C)C1CC(C)C. The molecule has 1 fully saturated rings. The van der Waals surface area contributed by atoms with E-state index in [1.54, 1.807) is 11.0 Å². The summed E-state index contributed by atoms with van der Waals surface area (Å²) in [6, 6.07) is 0.116. The van der Waals surface area contributed by atoms with Crippen molar-refractivity contribution in [3.8, 4) is 0 Å². The molecule has 1 rings (SSSR count). The number of urea groups is 1. The van der Waals surface area contributed by atoms with Gasteiger partial charge >= 0.3 is 6.03 Å². The molecule has 0 aromatic carbocycles. The van der Waals surface area contributed by atoms with E-state index >= 15 is 0 Å². The maximum atomic E-state index is 11.3. The predicted molar refractivity (Wildman–Crippen MR) is 53.3 cm³/mol. The van der Waals surface area contributed by atoms with Gasteiger partial charge in [0.2, 0.25) is 0 Å². The highest BCUT2D eigenvalue weighted by atomic mass is 16.2. The molecule has 13 heavy (non-hydrogen) atoms. The molecule has 0 bridgehead atoms. The number of amides is 2. The standard InChI is InChI=1S/C10H18N2O/c1-5-6-12-9(7-8(2)3)11(4)10(12)13/h5,8-9H,1,6-7H2,2-4H3. The molecule has 2 amide bonds. The van der Waals surface area contributed by atoms with Gasteiger partial charge in [0.05, 0.1) is 0 Å². The average Bonchev–Trinajstić information content (AvgIpc) is 2.10. The Hall–Kier alpha value is -0.990. The number of hydrogen-bond donors (Lipinski definition) is 0. The minimum atomic E-state index is 0.116. The molecule has 1 aliphatic heterocycles. The van der Waals surface area contributed by atoms with E-state index in [0.29, 0.717) is 12.5 Å². The second-order valence-corrected chi connectivity index (χ2v) is 3.94. The van der Waals surface area contributed by atoms with Crippen molar-refractivity contribution in [2.45, 2.75) is 26.4 Å². The van der Waals surface area contributed by atoms with Crippen molar-refractivity contribution in [3.05, 3.63) is 12.7 Å². The van der Waals surface area contributed by atoms with Gasteiger partial charge in [0.1, 0.15) is 6.17 Å². The number of carbonyl (C=O) groups excluding carboxylic acids is 1. The molecule has 0 aromatic heterocycles. The maximum Gasteiger partial charge on any atom is 0.323 e. The van der Waals surface area contributed by atoms with Crippen LogP contribution < -0.4 is 0 Å². The smallest absolute Gasteiger partial charge is 0.307 e. The summed E-state index contributed by atoms with van der Waals surface area (Å²) < 4.78 is 0. The van der Waals surface area contributed by atoms with Crippen LogP contribution in [0.4, 0.5) is 4.79 Å². The summed E-state index contributed by atoms with van der Waals surface area (Å²) in [6.45, 7) is 8.65. The van der Waals surface area contributed by atoms with Gasteiger partial charge in [-0.15, -0.1) is 6.58 Å². The van der Waals surface area contributed by atoms with Crippen LogP contribution in [-0.2, 0) is 0 Å². The van der Waals surface area contributed by atoms with Crippen LogP contribution in [-0.4, -0.2) is 35.6 Å². The van der Waals surface area contributed by atoms with Crippen molar-refractivity contribution in [1.82, 2.24) is 9.80 Å². The van der Waals surface area contributed by atoms with E-state index in [1.807, 2.05) is 11.9 Å². The predicted octanol–water partition coefficient (Wildman–Crippen LogP) is 1.91. The minimum Gasteiger partial charge on any atom is -0.307 e. The fourth-order valence-corrected chi connectivity index (χ4v) is 1.66. The summed E-state index contributed by atoms with van der Waals surface area (Å²) in [6.07, 6.45) is 3.10. The van der Waals surface area contributed by atoms with Gasteiger partial charge in [-0.25, -0.2) is 4.79 Å². The van der Waals surface area contributed by atoms with Crippen LogP contribution in [0.2, 0.25) is 0 Å². The fourth-order valence-electron chi connectivity index (χ4n) is 1.66. The Morgan fingerprint density at radius 2 is 2.23 bits per heavy atom. The van der Waals surface area contributed by atoms with Crippen molar-refractivity contribution < 1.29 is 4.79 Å². The van der Waals surface area contributed by atoms with Crippen LogP contribution in [0.1, 0.15) is 20.3 Å². The first-order valence-electron chi connectivity index (χ1n) is 4.72. The van der Waals surface area contributed by atoms with Gasteiger partial charge in [0.15, 0.2) is 0 Å². The molecule has 1 atom stereocenters. The molecule has 0 aliphatic carbocycles. The van der Waals surface area contributed by atoms with Gasteiger partial charge < -0.3 is 9.80 Å². The second-order valence-electron chi connectivity index (χ2n) is 3.94. The first-order valence-corrected chi connectivity index (χ1v) is 4.72. The van der Waals surface area contributed by atoms with Crippen molar-refractivity contribution in [3.63, 3.8) is 0 Å². The summed E-state index contributed by atoms with van der Waals surface area (Å²) in [5.74, 6) is 0.618. The van der Waals surface area contributed by atoms with Crippen molar-refractivity contribution in [1.29, 1.82) is 0 Å². The quantitative estimate of drug-likeness (QED) is 0.609. The lowest BCUT2D eigenvalue weighted by molar-refractivity contribution is 0.00474. The summed E-state index contributed by atoms with van der Waals surface area (Å²) in [7, 11) is 1.86. The van der Waals surface area contributed by atoms with Gasteiger partial charge in [0.25, 0.3) is 0 Å². The van der Waals surface area contributed by atoms with Crippen LogP contribution in [0.3, 0.4) is 0 Å². The molecule has 74 valence electrons. The van der Waals surface area contributed by atoms with E-state index in [9.17, 15) is 4.79 Å². The first kappa shape index (κ1) is 10.1. The molecule has 1 aliphatic rings. The average molecular weight is 182 g/mol. The highest BCUT2D eigenvalue weighted by Crippen LogP contribution is 2.24. The Kier molecular flexibility index (Phi) is 2.96. The topological polar surface area (TPSA) is 23.6 Å². The Morgan fingerprint density at radius 3 is 2.69 bits per heavy atom. The summed E-state index contributed by atoms with van der Waals surface area (Å²) in [5, 5.41) is 0. The molecular weight excluding hydrogens is 164 g/mol. The van der Waals surface area contributed by atoms with E-state index in [1.165, 1.54) is 0 Å². The number of nitrogens with zero attached hydrogens (tertiary/aromatic N) is 2. The zero-order valence-electron chi connectivity index (χ0n) is 8.66. The van der Waals surface area contributed by atoms with Gasteiger partial charge in [-0.2, -0.15) is 0 Å². The molecule has 1 saturated heterocycles. The minimum absolute atomic E-state index is 0.116. The lowest BCUT2D eigenvalue weighted by Crippen LogP contribution is -2.66. The number of hydrogen-bond acceptors (Lipinski definition) is 1. The first-order chi connectivity index (χ1) is 6.07. The second kappa shape index (κ2) is 3.81. The normalized spacial score (nSPS) is 22.2. The van der Waals surface area contributed by atoms with E-state index in [2.05, 4.69) is 20.4 Å². The molecule has 0 N–H and O–H groups in total. The molecule has 0 radical (unpaired) electrons. The third kappa shape index (κ3) is 1.85. The molecule has 0 spiro atoms. The number of rotatable bonds is 4. The van der Waals surface area contributed by atoms with Gasteiger partial charge in [-0.3, -0.25) is 0 Å². The fraction of sp³-hybridized carbons (Fsp3) is 0.700. The summed E-state index contributed by atoms with van der Waals surface area (Å²) >= 11 is 0. The highest BCUT2D eigenvalue weighted by Gasteiger charge is 2.40. The van der Waals surface area contributed by atoms with Gasteiger partial charge in [-0.05, 0) is 12.3 Å². The molecular formula is C10H18N2O. The number of carbonyl (C=O) groups is 1.